The Morgan fingerprint density at radius 1 is 1.11 bits per heavy atom. The van der Waals surface area contributed by atoms with E-state index in [4.69, 9.17) is 10.5 Å². The minimum absolute atomic E-state index is 0.368. The van der Waals surface area contributed by atoms with Crippen molar-refractivity contribution in [1.29, 1.82) is 0 Å². The van der Waals surface area contributed by atoms with Crippen molar-refractivity contribution in [3.63, 3.8) is 0 Å². The van der Waals surface area contributed by atoms with E-state index in [-0.39, 0.29) is 11.6 Å². The molecule has 2 N–H and O–H groups in total. The number of ether oxygens (including phenoxy) is 1. The molecule has 0 unspecified atom stereocenters. The Morgan fingerprint density at radius 3 is 1.95 bits per heavy atom. The van der Waals surface area contributed by atoms with Crippen LogP contribution in [0.5, 0.6) is 0 Å². The Bertz CT molecular complexity index is 439. The Kier molecular flexibility index (Phi) is 4.25. The molecule has 1 aromatic carbocycles. The zero-order valence-electron chi connectivity index (χ0n) is 12.7. The number of nitrogens with zero attached hydrogens (tertiary/aromatic N) is 1. The van der Waals surface area contributed by atoms with Crippen LogP contribution < -0.4 is 10.6 Å². The molecule has 0 fully saturated rings. The van der Waals surface area contributed by atoms with Gasteiger partial charge in [-0.25, -0.2) is 4.79 Å². The molecule has 0 saturated heterocycles. The average Bonchev–Trinajstić information content (AvgIpc) is 2.24. The molecule has 0 saturated carbocycles. The zero-order chi connectivity index (χ0) is 14.8. The molecule has 4 heteroatoms. The molecule has 0 aliphatic rings. The fourth-order valence-corrected chi connectivity index (χ4v) is 1.55. The number of amides is 1. The van der Waals surface area contributed by atoms with E-state index in [1.54, 1.807) is 7.05 Å². The maximum atomic E-state index is 11.9. The minimum atomic E-state index is -0.496. The molecular weight excluding hydrogens is 240 g/mol. The van der Waals surface area contributed by atoms with Crippen LogP contribution in [0.3, 0.4) is 0 Å². The van der Waals surface area contributed by atoms with E-state index in [0.29, 0.717) is 0 Å². The number of carbonyl (C=O) groups excluding carboxylic acids is 1. The standard InChI is InChI=1S/C15H24N2O2/c1-14(2,3)19-13(18)17(6)12-9-7-11(8-10-12)15(4,5)16/h7-10H,16H2,1-6H3. The molecule has 0 atom stereocenters. The first kappa shape index (κ1) is 15.5. The number of nitrogens with two attached hydrogens (primary N) is 1. The van der Waals surface area contributed by atoms with E-state index in [2.05, 4.69) is 0 Å². The second-order valence-corrected chi connectivity index (χ2v) is 6.31. The highest BCUT2D eigenvalue weighted by Gasteiger charge is 2.21. The fraction of sp³-hybridized carbons (Fsp3) is 0.533. The van der Waals surface area contributed by atoms with Crippen molar-refractivity contribution in [2.24, 2.45) is 5.73 Å². The first-order valence-corrected chi connectivity index (χ1v) is 6.37. The van der Waals surface area contributed by atoms with Crippen LogP contribution in [0.15, 0.2) is 24.3 Å². The summed E-state index contributed by atoms with van der Waals surface area (Å²) >= 11 is 0. The lowest BCUT2D eigenvalue weighted by Crippen LogP contribution is -2.34. The Hall–Kier alpha value is -1.55. The van der Waals surface area contributed by atoms with Gasteiger partial charge in [0.15, 0.2) is 0 Å². The molecule has 1 rings (SSSR count). The van der Waals surface area contributed by atoms with Crippen LogP contribution in [-0.4, -0.2) is 18.7 Å². The highest BCUT2D eigenvalue weighted by atomic mass is 16.6. The van der Waals surface area contributed by atoms with Crippen molar-refractivity contribution < 1.29 is 9.53 Å². The van der Waals surface area contributed by atoms with Crippen LogP contribution in [0.25, 0.3) is 0 Å². The Labute approximate surface area is 115 Å². The van der Waals surface area contributed by atoms with Crippen molar-refractivity contribution in [3.05, 3.63) is 29.8 Å². The molecule has 19 heavy (non-hydrogen) atoms. The predicted molar refractivity (Wildman–Crippen MR) is 78.3 cm³/mol. The van der Waals surface area contributed by atoms with Crippen molar-refractivity contribution >= 4 is 11.8 Å². The fourth-order valence-electron chi connectivity index (χ4n) is 1.55. The third-order valence-electron chi connectivity index (χ3n) is 2.67. The Balaban J connectivity index is 2.84. The second-order valence-electron chi connectivity index (χ2n) is 6.31. The number of rotatable bonds is 2. The van der Waals surface area contributed by atoms with Crippen molar-refractivity contribution in [2.75, 3.05) is 11.9 Å². The summed E-state index contributed by atoms with van der Waals surface area (Å²) < 4.78 is 5.31. The summed E-state index contributed by atoms with van der Waals surface area (Å²) in [5.41, 5.74) is 6.94. The molecule has 0 spiro atoms. The van der Waals surface area contributed by atoms with Gasteiger partial charge in [0.25, 0.3) is 0 Å². The molecule has 0 aromatic heterocycles. The van der Waals surface area contributed by atoms with Gasteiger partial charge in [-0.1, -0.05) is 12.1 Å². The third-order valence-corrected chi connectivity index (χ3v) is 2.67. The summed E-state index contributed by atoms with van der Waals surface area (Å²) in [6.45, 7) is 9.43. The molecule has 0 aliphatic heterocycles. The van der Waals surface area contributed by atoms with Crippen LogP contribution in [0.4, 0.5) is 10.5 Å². The van der Waals surface area contributed by atoms with E-state index < -0.39 is 5.60 Å². The van der Waals surface area contributed by atoms with Crippen LogP contribution in [0.2, 0.25) is 0 Å². The highest BCUT2D eigenvalue weighted by molar-refractivity contribution is 5.87. The van der Waals surface area contributed by atoms with Gasteiger partial charge in [0.1, 0.15) is 5.60 Å². The maximum absolute atomic E-state index is 11.9. The smallest absolute Gasteiger partial charge is 0.414 e. The van der Waals surface area contributed by atoms with E-state index >= 15 is 0 Å². The molecule has 0 aliphatic carbocycles. The van der Waals surface area contributed by atoms with Crippen LogP contribution in [-0.2, 0) is 10.3 Å². The maximum Gasteiger partial charge on any atom is 0.414 e. The van der Waals surface area contributed by atoms with Crippen LogP contribution >= 0.6 is 0 Å². The number of hydrogen-bond donors (Lipinski definition) is 1. The van der Waals surface area contributed by atoms with E-state index in [1.165, 1.54) is 4.90 Å². The largest absolute Gasteiger partial charge is 0.443 e. The van der Waals surface area contributed by atoms with Crippen molar-refractivity contribution in [3.8, 4) is 0 Å². The highest BCUT2D eigenvalue weighted by Crippen LogP contribution is 2.22. The lowest BCUT2D eigenvalue weighted by atomic mass is 9.95. The van der Waals surface area contributed by atoms with E-state index in [1.807, 2.05) is 58.9 Å². The van der Waals surface area contributed by atoms with Gasteiger partial charge in [0.2, 0.25) is 0 Å². The lowest BCUT2D eigenvalue weighted by Gasteiger charge is -2.25. The number of benzene rings is 1. The molecule has 1 amide bonds. The molecule has 1 aromatic rings. The summed E-state index contributed by atoms with van der Waals surface area (Å²) in [6, 6.07) is 7.59. The monoisotopic (exact) mass is 264 g/mol. The van der Waals surface area contributed by atoms with Crippen LogP contribution in [0.1, 0.15) is 40.2 Å². The quantitative estimate of drug-likeness (QED) is 0.892. The molecule has 0 bridgehead atoms. The first-order valence-electron chi connectivity index (χ1n) is 6.37. The lowest BCUT2D eigenvalue weighted by molar-refractivity contribution is 0.0589. The normalized spacial score (nSPS) is 12.2. The van der Waals surface area contributed by atoms with Gasteiger partial charge in [-0.2, -0.15) is 0 Å². The number of hydrogen-bond acceptors (Lipinski definition) is 3. The summed E-state index contributed by atoms with van der Waals surface area (Å²) in [7, 11) is 1.69. The number of anilines is 1. The Morgan fingerprint density at radius 2 is 1.58 bits per heavy atom. The van der Waals surface area contributed by atoms with Gasteiger partial charge in [-0.05, 0) is 52.3 Å². The average molecular weight is 264 g/mol. The van der Waals surface area contributed by atoms with Gasteiger partial charge in [0.05, 0.1) is 0 Å². The summed E-state index contributed by atoms with van der Waals surface area (Å²) in [5, 5.41) is 0. The minimum Gasteiger partial charge on any atom is -0.443 e. The SMILES string of the molecule is CN(C(=O)OC(C)(C)C)c1ccc(C(C)(C)N)cc1. The van der Waals surface area contributed by atoms with Gasteiger partial charge in [0, 0.05) is 18.3 Å². The van der Waals surface area contributed by atoms with Crippen molar-refractivity contribution in [1.82, 2.24) is 0 Å². The second kappa shape index (κ2) is 5.21. The molecule has 4 nitrogen and oxygen atoms in total. The van der Waals surface area contributed by atoms with Crippen LogP contribution in [0, 0.1) is 0 Å². The van der Waals surface area contributed by atoms with Crippen molar-refractivity contribution in [2.45, 2.75) is 45.8 Å². The summed E-state index contributed by atoms with van der Waals surface area (Å²) in [6.07, 6.45) is -0.368. The number of carbonyl (C=O) groups is 1. The molecule has 106 valence electrons. The molecular formula is C15H24N2O2. The third kappa shape index (κ3) is 4.56. The summed E-state index contributed by atoms with van der Waals surface area (Å²) in [4.78, 5) is 13.4. The zero-order valence-corrected chi connectivity index (χ0v) is 12.7. The molecule has 0 radical (unpaired) electrons. The van der Waals surface area contributed by atoms with Gasteiger partial charge < -0.3 is 10.5 Å². The first-order chi connectivity index (χ1) is 8.50. The predicted octanol–water partition coefficient (Wildman–Crippen LogP) is 3.25. The summed E-state index contributed by atoms with van der Waals surface area (Å²) in [5.74, 6) is 0. The van der Waals surface area contributed by atoms with E-state index in [9.17, 15) is 4.79 Å². The van der Waals surface area contributed by atoms with Gasteiger partial charge >= 0.3 is 6.09 Å². The van der Waals surface area contributed by atoms with Gasteiger partial charge in [-0.3, -0.25) is 4.90 Å². The topological polar surface area (TPSA) is 55.6 Å². The molecule has 0 heterocycles. The van der Waals surface area contributed by atoms with Gasteiger partial charge in [-0.15, -0.1) is 0 Å². The van der Waals surface area contributed by atoms with E-state index in [0.717, 1.165) is 11.3 Å².